The Kier molecular flexibility index (Phi) is 2.39. The van der Waals surface area contributed by atoms with Crippen LogP contribution in [0.4, 0.5) is 0 Å². The molecule has 0 amide bonds. The van der Waals surface area contributed by atoms with Crippen LogP contribution in [0.1, 0.15) is 17.0 Å². The summed E-state index contributed by atoms with van der Waals surface area (Å²) in [5.74, 6) is 0.713. The second-order valence-corrected chi connectivity index (χ2v) is 5.07. The van der Waals surface area contributed by atoms with Crippen LogP contribution in [0, 0.1) is 6.92 Å². The first-order chi connectivity index (χ1) is 9.79. The molecule has 0 bridgehead atoms. The summed E-state index contributed by atoms with van der Waals surface area (Å²) in [6.45, 7) is 1.88. The van der Waals surface area contributed by atoms with E-state index in [1.807, 2.05) is 19.2 Å². The number of benzene rings is 2. The third-order valence-corrected chi connectivity index (χ3v) is 3.64. The zero-order valence-corrected chi connectivity index (χ0v) is 11.2. The molecule has 98 valence electrons. The fourth-order valence-corrected chi connectivity index (χ4v) is 2.72. The molecule has 0 fully saturated rings. The van der Waals surface area contributed by atoms with Crippen molar-refractivity contribution in [1.29, 1.82) is 0 Å². The van der Waals surface area contributed by atoms with Gasteiger partial charge >= 0.3 is 0 Å². The van der Waals surface area contributed by atoms with Gasteiger partial charge in [0.1, 0.15) is 5.52 Å². The van der Waals surface area contributed by atoms with Crippen LogP contribution in [0.25, 0.3) is 22.0 Å². The number of nitrogens with zero attached hydrogens (tertiary/aromatic N) is 1. The minimum Gasteiger partial charge on any atom is -0.441 e. The summed E-state index contributed by atoms with van der Waals surface area (Å²) in [7, 11) is 0. The molecule has 0 aliphatic rings. The van der Waals surface area contributed by atoms with Crippen molar-refractivity contribution in [3.63, 3.8) is 0 Å². The van der Waals surface area contributed by atoms with Crippen molar-refractivity contribution in [2.24, 2.45) is 0 Å². The number of aryl methyl sites for hydroxylation is 1. The summed E-state index contributed by atoms with van der Waals surface area (Å²) in [5.41, 5.74) is 5.54. The van der Waals surface area contributed by atoms with Gasteiger partial charge in [-0.1, -0.05) is 18.2 Å². The van der Waals surface area contributed by atoms with Crippen molar-refractivity contribution < 1.29 is 4.42 Å². The molecule has 4 aromatic rings. The van der Waals surface area contributed by atoms with E-state index in [-0.39, 0.29) is 0 Å². The van der Waals surface area contributed by atoms with Gasteiger partial charge in [0.15, 0.2) is 11.5 Å². The lowest BCUT2D eigenvalue weighted by atomic mass is 10.0. The summed E-state index contributed by atoms with van der Waals surface area (Å²) < 4.78 is 5.51. The van der Waals surface area contributed by atoms with Crippen molar-refractivity contribution in [2.75, 3.05) is 0 Å². The van der Waals surface area contributed by atoms with Crippen LogP contribution >= 0.6 is 0 Å². The van der Waals surface area contributed by atoms with Gasteiger partial charge in [-0.25, -0.2) is 4.98 Å². The number of nitrogens with one attached hydrogen (secondary N) is 1. The molecule has 2 heterocycles. The van der Waals surface area contributed by atoms with Crippen molar-refractivity contribution in [3.8, 4) is 0 Å². The highest BCUT2D eigenvalue weighted by atomic mass is 16.3. The lowest BCUT2D eigenvalue weighted by Gasteiger charge is -2.03. The zero-order chi connectivity index (χ0) is 13.5. The summed E-state index contributed by atoms with van der Waals surface area (Å²) in [6, 6.07) is 14.7. The molecule has 0 radical (unpaired) electrons. The number of H-pyrrole nitrogens is 1. The van der Waals surface area contributed by atoms with Gasteiger partial charge in [-0.3, -0.25) is 0 Å². The van der Waals surface area contributed by atoms with E-state index in [4.69, 9.17) is 4.42 Å². The molecule has 0 unspecified atom stereocenters. The number of rotatable bonds is 2. The van der Waals surface area contributed by atoms with Gasteiger partial charge in [-0.15, -0.1) is 0 Å². The molecular weight excluding hydrogens is 248 g/mol. The van der Waals surface area contributed by atoms with Gasteiger partial charge in [0.25, 0.3) is 0 Å². The second kappa shape index (κ2) is 4.23. The molecule has 3 nitrogen and oxygen atoms in total. The maximum Gasteiger partial charge on any atom is 0.192 e. The number of hydrogen-bond donors (Lipinski definition) is 1. The third kappa shape index (κ3) is 1.79. The number of aromatic nitrogens is 2. The predicted molar refractivity (Wildman–Crippen MR) is 79.9 cm³/mol. The highest BCUT2D eigenvalue weighted by Crippen LogP contribution is 2.23. The van der Waals surface area contributed by atoms with Crippen LogP contribution in [0.2, 0.25) is 0 Å². The van der Waals surface area contributed by atoms with Gasteiger partial charge in [-0.05, 0) is 41.8 Å². The Morgan fingerprint density at radius 1 is 1.15 bits per heavy atom. The van der Waals surface area contributed by atoms with Gasteiger partial charge in [0.2, 0.25) is 0 Å². The van der Waals surface area contributed by atoms with E-state index in [2.05, 4.69) is 46.4 Å². The molecule has 4 rings (SSSR count). The SMILES string of the molecule is Cc1nc2cc(Cc3cccc4[nH]ccc34)ccc2o1. The van der Waals surface area contributed by atoms with Gasteiger partial charge in [0, 0.05) is 24.0 Å². The zero-order valence-electron chi connectivity index (χ0n) is 11.2. The molecule has 0 saturated heterocycles. The molecule has 3 heteroatoms. The van der Waals surface area contributed by atoms with Crippen LogP contribution in [0.5, 0.6) is 0 Å². The Hall–Kier alpha value is -2.55. The average Bonchev–Trinajstić information content (AvgIpc) is 3.03. The van der Waals surface area contributed by atoms with Gasteiger partial charge < -0.3 is 9.40 Å². The second-order valence-electron chi connectivity index (χ2n) is 5.07. The smallest absolute Gasteiger partial charge is 0.192 e. The highest BCUT2D eigenvalue weighted by Gasteiger charge is 2.06. The fourth-order valence-electron chi connectivity index (χ4n) is 2.72. The maximum atomic E-state index is 5.51. The molecule has 1 N–H and O–H groups in total. The van der Waals surface area contributed by atoms with Crippen LogP contribution < -0.4 is 0 Å². The molecule has 0 saturated carbocycles. The average molecular weight is 262 g/mol. The Bertz CT molecular complexity index is 902. The monoisotopic (exact) mass is 262 g/mol. The minimum absolute atomic E-state index is 0.713. The molecule has 0 spiro atoms. The van der Waals surface area contributed by atoms with E-state index < -0.39 is 0 Å². The van der Waals surface area contributed by atoms with Gasteiger partial charge in [0.05, 0.1) is 0 Å². The van der Waals surface area contributed by atoms with Crippen molar-refractivity contribution in [1.82, 2.24) is 9.97 Å². The van der Waals surface area contributed by atoms with Crippen LogP contribution in [0.3, 0.4) is 0 Å². The van der Waals surface area contributed by atoms with Crippen LogP contribution in [-0.2, 0) is 6.42 Å². The van der Waals surface area contributed by atoms with E-state index in [0.717, 1.165) is 17.5 Å². The molecule has 20 heavy (non-hydrogen) atoms. The third-order valence-electron chi connectivity index (χ3n) is 3.64. The van der Waals surface area contributed by atoms with Crippen molar-refractivity contribution in [2.45, 2.75) is 13.3 Å². The summed E-state index contributed by atoms with van der Waals surface area (Å²) in [6.07, 6.45) is 2.88. The number of fused-ring (bicyclic) bond motifs is 2. The predicted octanol–water partition coefficient (Wildman–Crippen LogP) is 4.21. The van der Waals surface area contributed by atoms with E-state index in [0.29, 0.717) is 5.89 Å². The van der Waals surface area contributed by atoms with Gasteiger partial charge in [-0.2, -0.15) is 0 Å². The number of hydrogen-bond acceptors (Lipinski definition) is 2. The molecule has 2 aromatic carbocycles. The van der Waals surface area contributed by atoms with Crippen molar-refractivity contribution in [3.05, 3.63) is 65.7 Å². The Balaban J connectivity index is 1.78. The quantitative estimate of drug-likeness (QED) is 0.588. The largest absolute Gasteiger partial charge is 0.441 e. The topological polar surface area (TPSA) is 41.8 Å². The molecule has 0 atom stereocenters. The molecule has 2 aromatic heterocycles. The maximum absolute atomic E-state index is 5.51. The summed E-state index contributed by atoms with van der Waals surface area (Å²) >= 11 is 0. The molecule has 0 aliphatic heterocycles. The van der Waals surface area contributed by atoms with E-state index >= 15 is 0 Å². The fraction of sp³-hybridized carbons (Fsp3) is 0.118. The minimum atomic E-state index is 0.713. The van der Waals surface area contributed by atoms with E-state index in [1.165, 1.54) is 22.0 Å². The lowest BCUT2D eigenvalue weighted by Crippen LogP contribution is -1.89. The Labute approximate surface area is 116 Å². The summed E-state index contributed by atoms with van der Waals surface area (Å²) in [5, 5.41) is 1.28. The van der Waals surface area contributed by atoms with Crippen LogP contribution in [0.15, 0.2) is 53.1 Å². The summed E-state index contributed by atoms with van der Waals surface area (Å²) in [4.78, 5) is 7.65. The van der Waals surface area contributed by atoms with E-state index in [9.17, 15) is 0 Å². The first kappa shape index (κ1) is 11.3. The normalized spacial score (nSPS) is 11.4. The standard InChI is InChI=1S/C17H14N2O/c1-11-19-16-10-12(5-6-17(16)20-11)9-13-3-2-4-15-14(13)7-8-18-15/h2-8,10,18H,9H2,1H3. The molecule has 0 aliphatic carbocycles. The lowest BCUT2D eigenvalue weighted by molar-refractivity contribution is 0.561. The Morgan fingerprint density at radius 3 is 3.05 bits per heavy atom. The highest BCUT2D eigenvalue weighted by molar-refractivity contribution is 5.83. The number of aromatic amines is 1. The first-order valence-electron chi connectivity index (χ1n) is 6.71. The van der Waals surface area contributed by atoms with Crippen molar-refractivity contribution >= 4 is 22.0 Å². The Morgan fingerprint density at radius 2 is 2.10 bits per heavy atom. The number of oxazole rings is 1. The molecular formula is C17H14N2O. The van der Waals surface area contributed by atoms with E-state index in [1.54, 1.807) is 0 Å². The van der Waals surface area contributed by atoms with Crippen LogP contribution in [-0.4, -0.2) is 9.97 Å². The first-order valence-corrected chi connectivity index (χ1v) is 6.71.